The van der Waals surface area contributed by atoms with E-state index in [0.29, 0.717) is 20.9 Å². The largest absolute Gasteiger partial charge is 0.495 e. The molecule has 0 radical (unpaired) electrons. The molecular weight excluding hydrogens is 353 g/mol. The van der Waals surface area contributed by atoms with E-state index < -0.39 is 0 Å². The van der Waals surface area contributed by atoms with Crippen molar-refractivity contribution in [3.63, 3.8) is 0 Å². The molecule has 0 saturated carbocycles. The van der Waals surface area contributed by atoms with Crippen molar-refractivity contribution in [2.24, 2.45) is 5.10 Å². The molecule has 2 rings (SSSR count). The van der Waals surface area contributed by atoms with Crippen LogP contribution in [-0.4, -0.2) is 18.4 Å². The third-order valence-corrected chi connectivity index (χ3v) is 3.69. The predicted molar refractivity (Wildman–Crippen MR) is 101 cm³/mol. The monoisotopic (exact) mass is 367 g/mol. The molecule has 0 unspecified atom stereocenters. The van der Waals surface area contributed by atoms with Crippen LogP contribution in [0.3, 0.4) is 0 Å². The number of methoxy groups -OCH3 is 1. The smallest absolute Gasteiger partial charge is 0.191 e. The number of hydrogen-bond acceptors (Lipinski definition) is 3. The third kappa shape index (κ3) is 5.10. The zero-order valence-corrected chi connectivity index (χ0v) is 14.9. The van der Waals surface area contributed by atoms with E-state index in [2.05, 4.69) is 15.8 Å². The molecule has 7 heteroatoms. The molecule has 0 aliphatic heterocycles. The maximum atomic E-state index is 6.06. The molecule has 0 aliphatic carbocycles. The predicted octanol–water partition coefficient (Wildman–Crippen LogP) is 4.63. The Kier molecular flexibility index (Phi) is 6.21. The summed E-state index contributed by atoms with van der Waals surface area (Å²) in [6.45, 7) is 1.99. The SMILES string of the molecule is COc1ccc(C)cc1NC(=S)NN=Cc1ccc(Cl)cc1Cl. The van der Waals surface area contributed by atoms with E-state index in [1.165, 1.54) is 0 Å². The van der Waals surface area contributed by atoms with Crippen molar-refractivity contribution >= 4 is 52.4 Å². The molecular formula is C16H15Cl2N3OS. The normalized spacial score (nSPS) is 10.6. The van der Waals surface area contributed by atoms with Crippen molar-refractivity contribution in [2.75, 3.05) is 12.4 Å². The Hall–Kier alpha value is -1.82. The zero-order valence-electron chi connectivity index (χ0n) is 12.6. The fourth-order valence-electron chi connectivity index (χ4n) is 1.84. The second-order valence-electron chi connectivity index (χ2n) is 4.69. The summed E-state index contributed by atoms with van der Waals surface area (Å²) in [4.78, 5) is 0. The Labute approximate surface area is 150 Å². The Bertz CT molecular complexity index is 750. The van der Waals surface area contributed by atoms with Crippen molar-refractivity contribution in [1.82, 2.24) is 5.43 Å². The van der Waals surface area contributed by atoms with E-state index in [1.54, 1.807) is 31.5 Å². The van der Waals surface area contributed by atoms with E-state index in [1.807, 2.05) is 25.1 Å². The molecule has 0 fully saturated rings. The van der Waals surface area contributed by atoms with Crippen LogP contribution in [0.4, 0.5) is 5.69 Å². The molecule has 0 amide bonds. The first kappa shape index (κ1) is 17.5. The number of hydrogen-bond donors (Lipinski definition) is 2. The van der Waals surface area contributed by atoms with Gasteiger partial charge in [0.25, 0.3) is 0 Å². The molecule has 2 aromatic carbocycles. The van der Waals surface area contributed by atoms with Crippen molar-refractivity contribution in [2.45, 2.75) is 6.92 Å². The minimum atomic E-state index is 0.343. The Balaban J connectivity index is 2.00. The van der Waals surface area contributed by atoms with Gasteiger partial charge in [-0.15, -0.1) is 0 Å². The van der Waals surface area contributed by atoms with Gasteiger partial charge in [0, 0.05) is 10.6 Å². The van der Waals surface area contributed by atoms with Gasteiger partial charge in [0.2, 0.25) is 0 Å². The van der Waals surface area contributed by atoms with Crippen LogP contribution >= 0.6 is 35.4 Å². The maximum Gasteiger partial charge on any atom is 0.191 e. The minimum absolute atomic E-state index is 0.343. The van der Waals surface area contributed by atoms with E-state index >= 15 is 0 Å². The summed E-state index contributed by atoms with van der Waals surface area (Å²) in [7, 11) is 1.60. The van der Waals surface area contributed by atoms with Crippen LogP contribution in [0.2, 0.25) is 10.0 Å². The van der Waals surface area contributed by atoms with E-state index in [0.717, 1.165) is 16.8 Å². The van der Waals surface area contributed by atoms with Crippen molar-refractivity contribution in [1.29, 1.82) is 0 Å². The summed E-state index contributed by atoms with van der Waals surface area (Å²) in [5.41, 5.74) is 5.33. The van der Waals surface area contributed by atoms with Crippen molar-refractivity contribution in [3.8, 4) is 5.75 Å². The van der Waals surface area contributed by atoms with Crippen molar-refractivity contribution in [3.05, 3.63) is 57.6 Å². The van der Waals surface area contributed by atoms with E-state index in [4.69, 9.17) is 40.2 Å². The number of nitrogens with one attached hydrogen (secondary N) is 2. The number of aryl methyl sites for hydroxylation is 1. The molecule has 0 aliphatic rings. The number of ether oxygens (including phenoxy) is 1. The first-order chi connectivity index (χ1) is 11.0. The first-order valence-electron chi connectivity index (χ1n) is 6.69. The number of rotatable bonds is 4. The van der Waals surface area contributed by atoms with Gasteiger partial charge in [0.15, 0.2) is 5.11 Å². The minimum Gasteiger partial charge on any atom is -0.495 e. The second-order valence-corrected chi connectivity index (χ2v) is 5.95. The molecule has 0 aromatic heterocycles. The van der Waals surface area contributed by atoms with Crippen LogP contribution in [0, 0.1) is 6.92 Å². The van der Waals surface area contributed by atoms with Crippen molar-refractivity contribution < 1.29 is 4.74 Å². The number of halogens is 2. The lowest BCUT2D eigenvalue weighted by Crippen LogP contribution is -2.24. The topological polar surface area (TPSA) is 45.6 Å². The van der Waals surface area contributed by atoms with Gasteiger partial charge in [-0.3, -0.25) is 5.43 Å². The number of anilines is 1. The van der Waals surface area contributed by atoms with Crippen LogP contribution in [0.15, 0.2) is 41.5 Å². The summed E-state index contributed by atoms with van der Waals surface area (Å²) in [6.07, 6.45) is 1.57. The Morgan fingerprint density at radius 1 is 1.22 bits per heavy atom. The Morgan fingerprint density at radius 2 is 2.00 bits per heavy atom. The molecule has 23 heavy (non-hydrogen) atoms. The van der Waals surface area contributed by atoms with Gasteiger partial charge in [0.05, 0.1) is 24.0 Å². The summed E-state index contributed by atoms with van der Waals surface area (Å²) in [5, 5.41) is 8.53. The van der Waals surface area contributed by atoms with Crippen LogP contribution in [0.25, 0.3) is 0 Å². The molecule has 0 atom stereocenters. The first-order valence-corrected chi connectivity index (χ1v) is 7.86. The maximum absolute atomic E-state index is 6.06. The van der Waals surface area contributed by atoms with Gasteiger partial charge < -0.3 is 10.1 Å². The second kappa shape index (κ2) is 8.15. The average molecular weight is 368 g/mol. The fraction of sp³-hybridized carbons (Fsp3) is 0.125. The lowest BCUT2D eigenvalue weighted by atomic mass is 10.2. The van der Waals surface area contributed by atoms with Gasteiger partial charge in [-0.2, -0.15) is 5.10 Å². The number of hydrazone groups is 1. The molecule has 2 aromatic rings. The quantitative estimate of drug-likeness (QED) is 0.469. The van der Waals surface area contributed by atoms with Crippen LogP contribution < -0.4 is 15.5 Å². The zero-order chi connectivity index (χ0) is 16.8. The number of benzene rings is 2. The molecule has 0 saturated heterocycles. The number of thiocarbonyl (C=S) groups is 1. The van der Waals surface area contributed by atoms with Crippen LogP contribution in [-0.2, 0) is 0 Å². The highest BCUT2D eigenvalue weighted by atomic mass is 35.5. The van der Waals surface area contributed by atoms with E-state index in [-0.39, 0.29) is 0 Å². The Morgan fingerprint density at radius 3 is 2.70 bits per heavy atom. The lowest BCUT2D eigenvalue weighted by molar-refractivity contribution is 0.417. The third-order valence-electron chi connectivity index (χ3n) is 2.94. The molecule has 0 spiro atoms. The summed E-state index contributed by atoms with van der Waals surface area (Å²) in [5.74, 6) is 0.699. The number of nitrogens with zero attached hydrogens (tertiary/aromatic N) is 1. The molecule has 2 N–H and O–H groups in total. The van der Waals surface area contributed by atoms with Gasteiger partial charge in [0.1, 0.15) is 5.75 Å². The lowest BCUT2D eigenvalue weighted by Gasteiger charge is -2.12. The highest BCUT2D eigenvalue weighted by molar-refractivity contribution is 7.80. The van der Waals surface area contributed by atoms with Crippen LogP contribution in [0.1, 0.15) is 11.1 Å². The van der Waals surface area contributed by atoms with Gasteiger partial charge in [-0.05, 0) is 49.0 Å². The van der Waals surface area contributed by atoms with E-state index in [9.17, 15) is 0 Å². The summed E-state index contributed by atoms with van der Waals surface area (Å²) < 4.78 is 5.28. The van der Waals surface area contributed by atoms with Gasteiger partial charge in [-0.25, -0.2) is 0 Å². The molecule has 0 bridgehead atoms. The molecule has 0 heterocycles. The molecule has 4 nitrogen and oxygen atoms in total. The van der Waals surface area contributed by atoms with Crippen LogP contribution in [0.5, 0.6) is 5.75 Å². The standard InChI is InChI=1S/C16H15Cl2N3OS/c1-10-3-6-15(22-2)14(7-10)20-16(23)21-19-9-11-4-5-12(17)8-13(11)18/h3-9H,1-2H3,(H2,20,21,23). The van der Waals surface area contributed by atoms with Gasteiger partial charge >= 0.3 is 0 Å². The highest BCUT2D eigenvalue weighted by Crippen LogP contribution is 2.25. The fourth-order valence-corrected chi connectivity index (χ4v) is 2.46. The summed E-state index contributed by atoms with van der Waals surface area (Å²) >= 11 is 17.1. The van der Waals surface area contributed by atoms with Gasteiger partial charge in [-0.1, -0.05) is 35.3 Å². The highest BCUT2D eigenvalue weighted by Gasteiger charge is 2.04. The summed E-state index contributed by atoms with van der Waals surface area (Å²) in [6, 6.07) is 10.9. The molecule has 120 valence electrons. The average Bonchev–Trinajstić information content (AvgIpc) is 2.50.